The summed E-state index contributed by atoms with van der Waals surface area (Å²) in [6, 6.07) is 14.9. The van der Waals surface area contributed by atoms with Gasteiger partial charge in [0.1, 0.15) is 12.9 Å². The lowest BCUT2D eigenvalue weighted by molar-refractivity contribution is 0.285. The summed E-state index contributed by atoms with van der Waals surface area (Å²) in [7, 11) is 0. The van der Waals surface area contributed by atoms with E-state index in [1.54, 1.807) is 30.1 Å². The summed E-state index contributed by atoms with van der Waals surface area (Å²) in [6.07, 6.45) is 3.27. The minimum absolute atomic E-state index is 0.433. The lowest BCUT2D eigenvalue weighted by atomic mass is 10.2. The number of rotatable bonds is 7. The molecule has 5 nitrogen and oxygen atoms in total. The Morgan fingerprint density at radius 2 is 1.65 bits per heavy atom. The van der Waals surface area contributed by atoms with E-state index >= 15 is 0 Å². The maximum Gasteiger partial charge on any atom is 0.230 e. The number of thioether (sulfide) groups is 1. The number of hydrogen-bond acceptors (Lipinski definition) is 6. The molecule has 132 valence electrons. The Labute approximate surface area is 161 Å². The monoisotopic (exact) mass is 384 g/mol. The van der Waals surface area contributed by atoms with Crippen LogP contribution in [0, 0.1) is 0 Å². The quantitative estimate of drug-likeness (QED) is 0.357. The van der Waals surface area contributed by atoms with Crippen molar-refractivity contribution in [2.45, 2.75) is 18.4 Å². The van der Waals surface area contributed by atoms with Crippen molar-refractivity contribution in [1.82, 2.24) is 9.97 Å². The standard InChI is InChI=1S/C19H17ClN4OS/c1-2-26-18-11-21-13-22-19(18)25-12-14-3-7-16(8-4-14)23-24-17-9-5-15(20)6-10-17/h3-11,13H,2,12H2,1H3. The Morgan fingerprint density at radius 1 is 1.00 bits per heavy atom. The van der Waals surface area contributed by atoms with Crippen molar-refractivity contribution in [3.63, 3.8) is 0 Å². The normalized spacial score (nSPS) is 11.0. The summed E-state index contributed by atoms with van der Waals surface area (Å²) >= 11 is 7.51. The van der Waals surface area contributed by atoms with Crippen LogP contribution in [-0.2, 0) is 6.61 Å². The number of halogens is 1. The average Bonchev–Trinajstić information content (AvgIpc) is 2.68. The minimum Gasteiger partial charge on any atom is -0.472 e. The van der Waals surface area contributed by atoms with E-state index in [0.29, 0.717) is 17.5 Å². The van der Waals surface area contributed by atoms with Gasteiger partial charge in [-0.2, -0.15) is 10.2 Å². The summed E-state index contributed by atoms with van der Waals surface area (Å²) < 4.78 is 5.82. The molecule has 0 aliphatic rings. The molecule has 1 aromatic heterocycles. The second-order valence-corrected chi connectivity index (χ2v) is 7.00. The number of aromatic nitrogens is 2. The molecule has 2 aromatic carbocycles. The van der Waals surface area contributed by atoms with Crippen LogP contribution >= 0.6 is 23.4 Å². The zero-order valence-corrected chi connectivity index (χ0v) is 15.7. The molecule has 3 rings (SSSR count). The van der Waals surface area contributed by atoms with Crippen LogP contribution < -0.4 is 4.74 Å². The molecular formula is C19H17ClN4OS. The van der Waals surface area contributed by atoms with E-state index in [2.05, 4.69) is 27.1 Å². The van der Waals surface area contributed by atoms with Gasteiger partial charge in [0, 0.05) is 11.2 Å². The van der Waals surface area contributed by atoms with Crippen LogP contribution in [0.25, 0.3) is 0 Å². The molecule has 7 heteroatoms. The van der Waals surface area contributed by atoms with Crippen molar-refractivity contribution in [1.29, 1.82) is 0 Å². The molecule has 0 N–H and O–H groups in total. The third-order valence-corrected chi connectivity index (χ3v) is 4.50. The van der Waals surface area contributed by atoms with Crippen LogP contribution in [0.15, 0.2) is 76.2 Å². The van der Waals surface area contributed by atoms with E-state index in [9.17, 15) is 0 Å². The Morgan fingerprint density at radius 3 is 2.31 bits per heavy atom. The number of hydrogen-bond donors (Lipinski definition) is 0. The average molecular weight is 385 g/mol. The second-order valence-electron chi connectivity index (χ2n) is 5.26. The Kier molecular flexibility index (Phi) is 6.57. The lowest BCUT2D eigenvalue weighted by Crippen LogP contribution is -1.99. The SMILES string of the molecule is CCSc1cncnc1OCc1ccc(N=Nc2ccc(Cl)cc2)cc1. The molecule has 0 bridgehead atoms. The second kappa shape index (κ2) is 9.31. The van der Waals surface area contributed by atoms with Crippen molar-refractivity contribution in [2.75, 3.05) is 5.75 Å². The van der Waals surface area contributed by atoms with Crippen LogP contribution in [0.4, 0.5) is 11.4 Å². The van der Waals surface area contributed by atoms with Crippen molar-refractivity contribution in [3.8, 4) is 5.88 Å². The number of azo groups is 1. The van der Waals surface area contributed by atoms with Crippen LogP contribution in [-0.4, -0.2) is 15.7 Å². The summed E-state index contributed by atoms with van der Waals surface area (Å²) in [5.74, 6) is 1.55. The fourth-order valence-corrected chi connectivity index (χ4v) is 2.91. The first-order chi connectivity index (χ1) is 12.7. The van der Waals surface area contributed by atoms with E-state index in [1.165, 1.54) is 6.33 Å². The lowest BCUT2D eigenvalue weighted by Gasteiger charge is -2.08. The molecule has 0 aliphatic heterocycles. The van der Waals surface area contributed by atoms with Gasteiger partial charge in [-0.05, 0) is 47.7 Å². The maximum absolute atomic E-state index is 5.85. The first kappa shape index (κ1) is 18.4. The predicted octanol–water partition coefficient (Wildman–Crippen LogP) is 6.24. The fourth-order valence-electron chi connectivity index (χ4n) is 2.10. The molecule has 1 heterocycles. The molecule has 0 atom stereocenters. The largest absolute Gasteiger partial charge is 0.472 e. The van der Waals surface area contributed by atoms with Crippen LogP contribution in [0.2, 0.25) is 5.02 Å². The van der Waals surface area contributed by atoms with Gasteiger partial charge in [-0.25, -0.2) is 9.97 Å². The summed E-state index contributed by atoms with van der Waals surface area (Å²) in [6.45, 7) is 2.52. The Bertz CT molecular complexity index is 869. The highest BCUT2D eigenvalue weighted by Gasteiger charge is 2.05. The van der Waals surface area contributed by atoms with Gasteiger partial charge in [0.25, 0.3) is 0 Å². The zero-order valence-electron chi connectivity index (χ0n) is 14.2. The topological polar surface area (TPSA) is 59.7 Å². The van der Waals surface area contributed by atoms with Gasteiger partial charge in [0.05, 0.1) is 16.3 Å². The van der Waals surface area contributed by atoms with Gasteiger partial charge in [0.2, 0.25) is 5.88 Å². The first-order valence-corrected chi connectivity index (χ1v) is 9.43. The number of ether oxygens (including phenoxy) is 1. The van der Waals surface area contributed by atoms with Crippen molar-refractivity contribution in [2.24, 2.45) is 10.2 Å². The van der Waals surface area contributed by atoms with Crippen molar-refractivity contribution >= 4 is 34.7 Å². The molecule has 0 amide bonds. The zero-order chi connectivity index (χ0) is 18.2. The predicted molar refractivity (Wildman–Crippen MR) is 105 cm³/mol. The van der Waals surface area contributed by atoms with E-state index in [1.807, 2.05) is 36.4 Å². The van der Waals surface area contributed by atoms with Crippen LogP contribution in [0.1, 0.15) is 12.5 Å². The van der Waals surface area contributed by atoms with Gasteiger partial charge in [-0.3, -0.25) is 0 Å². The van der Waals surface area contributed by atoms with E-state index < -0.39 is 0 Å². The highest BCUT2D eigenvalue weighted by atomic mass is 35.5. The Hall–Kier alpha value is -2.44. The fraction of sp³-hybridized carbons (Fsp3) is 0.158. The maximum atomic E-state index is 5.85. The molecule has 0 spiro atoms. The molecule has 0 saturated heterocycles. The van der Waals surface area contributed by atoms with Crippen LogP contribution in [0.5, 0.6) is 5.88 Å². The molecular weight excluding hydrogens is 368 g/mol. The van der Waals surface area contributed by atoms with Gasteiger partial charge in [-0.15, -0.1) is 11.8 Å². The molecule has 0 unspecified atom stereocenters. The summed E-state index contributed by atoms with van der Waals surface area (Å²) in [5.41, 5.74) is 2.56. The summed E-state index contributed by atoms with van der Waals surface area (Å²) in [5, 5.41) is 9.09. The highest BCUT2D eigenvalue weighted by molar-refractivity contribution is 7.99. The molecule has 0 saturated carbocycles. The Balaban J connectivity index is 1.60. The van der Waals surface area contributed by atoms with Gasteiger partial charge < -0.3 is 4.74 Å². The van der Waals surface area contributed by atoms with Gasteiger partial charge in [0.15, 0.2) is 0 Å². The molecule has 0 fully saturated rings. The third kappa shape index (κ3) is 5.28. The van der Waals surface area contributed by atoms with Crippen molar-refractivity contribution < 1.29 is 4.74 Å². The van der Waals surface area contributed by atoms with Crippen LogP contribution in [0.3, 0.4) is 0 Å². The highest BCUT2D eigenvalue weighted by Crippen LogP contribution is 2.26. The molecule has 26 heavy (non-hydrogen) atoms. The van der Waals surface area contributed by atoms with E-state index in [-0.39, 0.29) is 0 Å². The number of benzene rings is 2. The molecule has 3 aromatic rings. The van der Waals surface area contributed by atoms with E-state index in [4.69, 9.17) is 16.3 Å². The minimum atomic E-state index is 0.433. The third-order valence-electron chi connectivity index (χ3n) is 3.36. The van der Waals surface area contributed by atoms with E-state index in [0.717, 1.165) is 27.6 Å². The van der Waals surface area contributed by atoms with Gasteiger partial charge in [-0.1, -0.05) is 30.7 Å². The van der Waals surface area contributed by atoms with Gasteiger partial charge >= 0.3 is 0 Å². The smallest absolute Gasteiger partial charge is 0.230 e. The van der Waals surface area contributed by atoms with Crippen molar-refractivity contribution in [3.05, 3.63) is 71.6 Å². The molecule has 0 aliphatic carbocycles. The number of nitrogens with zero attached hydrogens (tertiary/aromatic N) is 4. The molecule has 0 radical (unpaired) electrons. The first-order valence-electron chi connectivity index (χ1n) is 8.06. The summed E-state index contributed by atoms with van der Waals surface area (Å²) in [4.78, 5) is 9.19.